The molecule has 4 unspecified atom stereocenters. The van der Waals surface area contributed by atoms with Crippen LogP contribution < -0.4 is 33.2 Å². The van der Waals surface area contributed by atoms with E-state index in [4.69, 9.17) is 22.3 Å². The predicted octanol–water partition coefficient (Wildman–Crippen LogP) is -3.72. The molecule has 4 atom stereocenters. The third-order valence-electron chi connectivity index (χ3n) is 4.72. The zero-order valence-corrected chi connectivity index (χ0v) is 20.1. The first-order valence-electron chi connectivity index (χ1n) is 10.7. The van der Waals surface area contributed by atoms with Gasteiger partial charge in [0, 0.05) is 30.6 Å². The molecule has 0 radical (unpaired) electrons. The van der Waals surface area contributed by atoms with Crippen molar-refractivity contribution in [2.45, 2.75) is 49.9 Å². The van der Waals surface area contributed by atoms with Gasteiger partial charge in [-0.05, 0) is 12.8 Å². The number of carboxylic acids is 2. The van der Waals surface area contributed by atoms with Gasteiger partial charge in [-0.25, -0.2) is 9.78 Å². The van der Waals surface area contributed by atoms with Gasteiger partial charge in [0.1, 0.15) is 18.1 Å². The highest BCUT2D eigenvalue weighted by Gasteiger charge is 2.30. The molecule has 1 rings (SSSR count). The van der Waals surface area contributed by atoms with Crippen molar-refractivity contribution in [3.8, 4) is 0 Å². The van der Waals surface area contributed by atoms with E-state index in [0.29, 0.717) is 5.69 Å². The van der Waals surface area contributed by atoms with Crippen LogP contribution in [0.1, 0.15) is 25.0 Å². The van der Waals surface area contributed by atoms with Crippen LogP contribution in [0.4, 0.5) is 0 Å². The Balaban J connectivity index is 3.06. The quantitative estimate of drug-likeness (QED) is 0.0430. The van der Waals surface area contributed by atoms with Crippen molar-refractivity contribution in [1.29, 1.82) is 0 Å². The summed E-state index contributed by atoms with van der Waals surface area (Å²) in [6.07, 6.45) is 2.28. The second-order valence-corrected chi connectivity index (χ2v) is 8.00. The Morgan fingerprint density at radius 3 is 2.17 bits per heavy atom. The van der Waals surface area contributed by atoms with Gasteiger partial charge >= 0.3 is 11.9 Å². The minimum atomic E-state index is -1.43. The molecular formula is C19H31N9O7S. The first-order chi connectivity index (χ1) is 16.9. The fourth-order valence-corrected chi connectivity index (χ4v) is 3.14. The molecule has 0 aromatic carbocycles. The highest BCUT2D eigenvalue weighted by Crippen LogP contribution is 2.05. The van der Waals surface area contributed by atoms with Crippen LogP contribution in [0.3, 0.4) is 0 Å². The molecule has 1 heterocycles. The maximum atomic E-state index is 13.1. The average molecular weight is 530 g/mol. The van der Waals surface area contributed by atoms with E-state index >= 15 is 0 Å². The van der Waals surface area contributed by atoms with Gasteiger partial charge in [0.25, 0.3) is 0 Å². The molecule has 16 nitrogen and oxygen atoms in total. The highest BCUT2D eigenvalue weighted by atomic mass is 32.1. The Morgan fingerprint density at radius 1 is 1.03 bits per heavy atom. The van der Waals surface area contributed by atoms with Crippen LogP contribution in [0.5, 0.6) is 0 Å². The zero-order chi connectivity index (χ0) is 27.3. The number of aromatic amines is 1. The lowest BCUT2D eigenvalue weighted by Gasteiger charge is -2.24. The van der Waals surface area contributed by atoms with Crippen LogP contribution in [0.15, 0.2) is 17.5 Å². The molecule has 0 saturated carbocycles. The molecule has 12 N–H and O–H groups in total. The van der Waals surface area contributed by atoms with Gasteiger partial charge in [0.2, 0.25) is 17.7 Å². The standard InChI is InChI=1S/C19H31N9O7S/c20-10(5-14(29)30)15(31)27-12(4-9-6-23-8-25-9)17(33)26-11(2-1-3-24-19(21)22)16(32)28-13(7-36)18(34)35/h6,8,10-13,36H,1-5,7,20H2,(H,23,25)(H,26,33)(H,27,31)(H,28,32)(H,29,30)(H,34,35)(H4,21,22,24). The lowest BCUT2D eigenvalue weighted by Crippen LogP contribution is -2.58. The molecule has 0 spiro atoms. The smallest absolute Gasteiger partial charge is 0.327 e. The molecule has 1 aromatic rings. The molecule has 200 valence electrons. The van der Waals surface area contributed by atoms with Crippen LogP contribution in [0.2, 0.25) is 0 Å². The van der Waals surface area contributed by atoms with E-state index in [0.717, 1.165) is 0 Å². The number of guanidine groups is 1. The number of carbonyl (C=O) groups excluding carboxylic acids is 3. The summed E-state index contributed by atoms with van der Waals surface area (Å²) in [5.41, 5.74) is 16.6. The molecule has 36 heavy (non-hydrogen) atoms. The topological polar surface area (TPSA) is 281 Å². The number of nitrogens with one attached hydrogen (secondary N) is 4. The molecule has 0 aliphatic rings. The van der Waals surface area contributed by atoms with E-state index in [1.807, 2.05) is 0 Å². The van der Waals surface area contributed by atoms with Crippen molar-refractivity contribution in [2.24, 2.45) is 22.2 Å². The lowest BCUT2D eigenvalue weighted by atomic mass is 10.1. The van der Waals surface area contributed by atoms with Gasteiger partial charge in [-0.15, -0.1) is 0 Å². The molecule has 0 fully saturated rings. The molecule has 3 amide bonds. The van der Waals surface area contributed by atoms with E-state index < -0.39 is 60.2 Å². The van der Waals surface area contributed by atoms with Crippen molar-refractivity contribution < 1.29 is 34.2 Å². The molecule has 1 aromatic heterocycles. The molecular weight excluding hydrogens is 498 g/mol. The van der Waals surface area contributed by atoms with Crippen LogP contribution in [-0.4, -0.2) is 92.3 Å². The second-order valence-electron chi connectivity index (χ2n) is 7.64. The van der Waals surface area contributed by atoms with Crippen molar-refractivity contribution in [3.63, 3.8) is 0 Å². The fraction of sp³-hybridized carbons (Fsp3) is 0.526. The lowest BCUT2D eigenvalue weighted by molar-refractivity contribution is -0.141. The SMILES string of the molecule is NC(N)=NCCCC(NC(=O)C(Cc1cnc[nH]1)NC(=O)C(N)CC(=O)O)C(=O)NC(CS)C(=O)O. The van der Waals surface area contributed by atoms with E-state index in [1.54, 1.807) is 0 Å². The number of carboxylic acid groups (broad SMARTS) is 2. The van der Waals surface area contributed by atoms with Gasteiger partial charge in [-0.1, -0.05) is 0 Å². The summed E-state index contributed by atoms with van der Waals surface area (Å²) in [6, 6.07) is -5.23. The largest absolute Gasteiger partial charge is 0.481 e. The van der Waals surface area contributed by atoms with E-state index in [2.05, 4.69) is 43.5 Å². The van der Waals surface area contributed by atoms with Crippen LogP contribution in [-0.2, 0) is 30.4 Å². The Kier molecular flexibility index (Phi) is 12.7. The van der Waals surface area contributed by atoms with E-state index in [-0.39, 0.29) is 37.5 Å². The summed E-state index contributed by atoms with van der Waals surface area (Å²) < 4.78 is 0. The number of hydrogen-bond donors (Lipinski definition) is 10. The number of imidazole rings is 1. The summed E-state index contributed by atoms with van der Waals surface area (Å²) in [5, 5.41) is 25.2. The van der Waals surface area contributed by atoms with Crippen molar-refractivity contribution in [2.75, 3.05) is 12.3 Å². The number of nitrogens with zero attached hydrogens (tertiary/aromatic N) is 2. The Bertz CT molecular complexity index is 938. The number of H-pyrrole nitrogens is 1. The highest BCUT2D eigenvalue weighted by molar-refractivity contribution is 7.80. The molecule has 0 bridgehead atoms. The number of rotatable bonds is 16. The van der Waals surface area contributed by atoms with Gasteiger partial charge in [0.15, 0.2) is 5.96 Å². The van der Waals surface area contributed by atoms with E-state index in [9.17, 15) is 29.1 Å². The first-order valence-corrected chi connectivity index (χ1v) is 11.3. The Morgan fingerprint density at radius 2 is 1.64 bits per heavy atom. The maximum Gasteiger partial charge on any atom is 0.327 e. The van der Waals surface area contributed by atoms with Gasteiger partial charge in [0.05, 0.1) is 18.8 Å². The number of amides is 3. The summed E-state index contributed by atoms with van der Waals surface area (Å²) in [6.45, 7) is 0.134. The number of thiol groups is 1. The normalized spacial score (nSPS) is 13.9. The Labute approximate surface area is 211 Å². The first kappa shape index (κ1) is 30.2. The van der Waals surface area contributed by atoms with Gasteiger partial charge in [-0.3, -0.25) is 24.2 Å². The van der Waals surface area contributed by atoms with Gasteiger partial charge in [-0.2, -0.15) is 12.6 Å². The third kappa shape index (κ3) is 11.0. The summed E-state index contributed by atoms with van der Waals surface area (Å²) in [5.74, 6) is -5.49. The number of aliphatic imine (C=N–C) groups is 1. The minimum absolute atomic E-state index is 0.0243. The van der Waals surface area contributed by atoms with Crippen LogP contribution in [0, 0.1) is 0 Å². The van der Waals surface area contributed by atoms with E-state index in [1.165, 1.54) is 12.5 Å². The number of hydrogen-bond acceptors (Lipinski definition) is 9. The summed E-state index contributed by atoms with van der Waals surface area (Å²) >= 11 is 3.90. The summed E-state index contributed by atoms with van der Waals surface area (Å²) in [4.78, 5) is 70.8. The Hall–Kier alpha value is -3.86. The van der Waals surface area contributed by atoms with Crippen molar-refractivity contribution in [3.05, 3.63) is 18.2 Å². The van der Waals surface area contributed by atoms with Crippen LogP contribution in [0.25, 0.3) is 0 Å². The second kappa shape index (κ2) is 15.2. The third-order valence-corrected chi connectivity index (χ3v) is 5.08. The van der Waals surface area contributed by atoms with Crippen molar-refractivity contribution in [1.82, 2.24) is 25.9 Å². The monoisotopic (exact) mass is 529 g/mol. The molecule has 0 aliphatic heterocycles. The zero-order valence-electron chi connectivity index (χ0n) is 19.2. The molecule has 17 heteroatoms. The van der Waals surface area contributed by atoms with Crippen molar-refractivity contribution >= 4 is 48.2 Å². The number of nitrogens with two attached hydrogens (primary N) is 3. The number of aliphatic carboxylic acids is 2. The molecule has 0 aliphatic carbocycles. The minimum Gasteiger partial charge on any atom is -0.481 e. The predicted molar refractivity (Wildman–Crippen MR) is 130 cm³/mol. The van der Waals surface area contributed by atoms with Gasteiger partial charge < -0.3 is 48.3 Å². The maximum absolute atomic E-state index is 13.1. The summed E-state index contributed by atoms with van der Waals surface area (Å²) in [7, 11) is 0. The molecule has 0 saturated heterocycles. The van der Waals surface area contributed by atoms with Crippen LogP contribution >= 0.6 is 12.6 Å². The number of aromatic nitrogens is 2. The average Bonchev–Trinajstić information content (AvgIpc) is 3.30. The number of carbonyl (C=O) groups is 5. The fourth-order valence-electron chi connectivity index (χ4n) is 2.89.